The summed E-state index contributed by atoms with van der Waals surface area (Å²) in [6.45, 7) is 2.49. The number of pyridine rings is 1. The maximum Gasteiger partial charge on any atom is 0.354 e. The van der Waals surface area contributed by atoms with E-state index in [0.717, 1.165) is 0 Å². The predicted molar refractivity (Wildman–Crippen MR) is 60.9 cm³/mol. The largest absolute Gasteiger partial charge is 0.477 e. The van der Waals surface area contributed by atoms with E-state index in [9.17, 15) is 4.79 Å². The van der Waals surface area contributed by atoms with Crippen molar-refractivity contribution in [3.8, 4) is 12.3 Å². The van der Waals surface area contributed by atoms with Gasteiger partial charge in [-0.05, 0) is 19.1 Å². The molecule has 1 atom stereocenters. The number of aromatic nitrogens is 1. The summed E-state index contributed by atoms with van der Waals surface area (Å²) in [6.07, 6.45) is 5.82. The smallest absolute Gasteiger partial charge is 0.354 e. The minimum atomic E-state index is -1.02. The molecular weight excluding hydrogens is 204 g/mol. The van der Waals surface area contributed by atoms with Crippen molar-refractivity contribution in [2.75, 3.05) is 0 Å². The Morgan fingerprint density at radius 3 is 3.06 bits per heavy atom. The highest BCUT2D eigenvalue weighted by Crippen LogP contribution is 2.00. The molecule has 0 fully saturated rings. The molecule has 0 saturated carbocycles. The van der Waals surface area contributed by atoms with Crippen LogP contribution in [0.3, 0.4) is 0 Å². The average molecular weight is 218 g/mol. The van der Waals surface area contributed by atoms with Crippen LogP contribution in [-0.4, -0.2) is 22.1 Å². The third-order valence-corrected chi connectivity index (χ3v) is 2.08. The SMILES string of the molecule is C#CCC(C)NCc1cccc(C(=O)O)n1. The van der Waals surface area contributed by atoms with Gasteiger partial charge in [0.15, 0.2) is 0 Å². The van der Waals surface area contributed by atoms with Gasteiger partial charge in [0.25, 0.3) is 0 Å². The standard InChI is InChI=1S/C12H14N2O2/c1-3-5-9(2)13-8-10-6-4-7-11(14-10)12(15)16/h1,4,6-7,9,13H,5,8H2,2H3,(H,15,16). The molecule has 0 aromatic carbocycles. The third kappa shape index (κ3) is 3.71. The molecule has 0 aliphatic rings. The maximum absolute atomic E-state index is 10.7. The van der Waals surface area contributed by atoms with Crippen LogP contribution in [0.5, 0.6) is 0 Å². The van der Waals surface area contributed by atoms with Gasteiger partial charge in [0, 0.05) is 19.0 Å². The number of aromatic carboxylic acids is 1. The van der Waals surface area contributed by atoms with E-state index >= 15 is 0 Å². The van der Waals surface area contributed by atoms with Crippen molar-refractivity contribution in [1.29, 1.82) is 0 Å². The molecule has 0 spiro atoms. The normalized spacial score (nSPS) is 11.8. The fourth-order valence-corrected chi connectivity index (χ4v) is 1.22. The summed E-state index contributed by atoms with van der Waals surface area (Å²) in [6, 6.07) is 5.12. The van der Waals surface area contributed by atoms with Crippen LogP contribution in [0.15, 0.2) is 18.2 Å². The number of carboxylic acids is 1. The van der Waals surface area contributed by atoms with Gasteiger partial charge in [0.05, 0.1) is 5.69 Å². The van der Waals surface area contributed by atoms with Crippen LogP contribution < -0.4 is 5.32 Å². The van der Waals surface area contributed by atoms with Crippen molar-refractivity contribution in [3.05, 3.63) is 29.6 Å². The van der Waals surface area contributed by atoms with Gasteiger partial charge in [-0.15, -0.1) is 12.3 Å². The minimum absolute atomic E-state index is 0.0592. The number of carboxylic acid groups (broad SMARTS) is 1. The summed E-state index contributed by atoms with van der Waals surface area (Å²) in [5, 5.41) is 11.9. The molecule has 1 rings (SSSR count). The summed E-state index contributed by atoms with van der Waals surface area (Å²) < 4.78 is 0. The lowest BCUT2D eigenvalue weighted by Gasteiger charge is -2.10. The van der Waals surface area contributed by atoms with Crippen molar-refractivity contribution in [2.24, 2.45) is 0 Å². The quantitative estimate of drug-likeness (QED) is 0.731. The van der Waals surface area contributed by atoms with Crippen molar-refractivity contribution in [1.82, 2.24) is 10.3 Å². The Kier molecular flexibility index (Phi) is 4.49. The van der Waals surface area contributed by atoms with E-state index in [1.807, 2.05) is 6.92 Å². The van der Waals surface area contributed by atoms with Gasteiger partial charge in [0.2, 0.25) is 0 Å². The lowest BCUT2D eigenvalue weighted by atomic mass is 10.2. The number of hydrogen-bond acceptors (Lipinski definition) is 3. The van der Waals surface area contributed by atoms with Gasteiger partial charge in [-0.25, -0.2) is 9.78 Å². The van der Waals surface area contributed by atoms with E-state index in [1.54, 1.807) is 12.1 Å². The average Bonchev–Trinajstić information content (AvgIpc) is 2.27. The van der Waals surface area contributed by atoms with Crippen LogP contribution in [0.4, 0.5) is 0 Å². The van der Waals surface area contributed by atoms with Crippen LogP contribution in [0.2, 0.25) is 0 Å². The molecule has 0 radical (unpaired) electrons. The van der Waals surface area contributed by atoms with Gasteiger partial charge < -0.3 is 10.4 Å². The lowest BCUT2D eigenvalue weighted by molar-refractivity contribution is 0.0690. The summed E-state index contributed by atoms with van der Waals surface area (Å²) >= 11 is 0. The first-order valence-electron chi connectivity index (χ1n) is 4.99. The second kappa shape index (κ2) is 5.89. The number of carbonyl (C=O) groups is 1. The minimum Gasteiger partial charge on any atom is -0.477 e. The van der Waals surface area contributed by atoms with Gasteiger partial charge in [0.1, 0.15) is 5.69 Å². The zero-order valence-electron chi connectivity index (χ0n) is 9.10. The first kappa shape index (κ1) is 12.2. The van der Waals surface area contributed by atoms with Crippen LogP contribution in [0.25, 0.3) is 0 Å². The van der Waals surface area contributed by atoms with Gasteiger partial charge >= 0.3 is 5.97 Å². The molecule has 4 nitrogen and oxygen atoms in total. The van der Waals surface area contributed by atoms with Gasteiger partial charge in [-0.3, -0.25) is 0 Å². The molecule has 1 heterocycles. The lowest BCUT2D eigenvalue weighted by Crippen LogP contribution is -2.25. The Balaban J connectivity index is 2.58. The van der Waals surface area contributed by atoms with Crippen molar-refractivity contribution >= 4 is 5.97 Å². The summed E-state index contributed by atoms with van der Waals surface area (Å²) in [4.78, 5) is 14.7. The highest BCUT2D eigenvalue weighted by atomic mass is 16.4. The van der Waals surface area contributed by atoms with Crippen LogP contribution in [0, 0.1) is 12.3 Å². The molecule has 0 bridgehead atoms. The fourth-order valence-electron chi connectivity index (χ4n) is 1.22. The third-order valence-electron chi connectivity index (χ3n) is 2.08. The maximum atomic E-state index is 10.7. The number of terminal acetylenes is 1. The molecule has 1 aromatic rings. The second-order valence-electron chi connectivity index (χ2n) is 3.51. The van der Waals surface area contributed by atoms with E-state index in [0.29, 0.717) is 18.7 Å². The number of hydrogen-bond donors (Lipinski definition) is 2. The Morgan fingerprint density at radius 1 is 1.69 bits per heavy atom. The van der Waals surface area contributed by atoms with Crippen molar-refractivity contribution in [2.45, 2.75) is 25.9 Å². The molecule has 0 aliphatic carbocycles. The van der Waals surface area contributed by atoms with Gasteiger partial charge in [-0.1, -0.05) is 6.07 Å². The Bertz CT molecular complexity index is 410. The first-order valence-corrected chi connectivity index (χ1v) is 4.99. The van der Waals surface area contributed by atoms with E-state index in [-0.39, 0.29) is 11.7 Å². The summed E-state index contributed by atoms with van der Waals surface area (Å²) in [5.41, 5.74) is 0.757. The Hall–Kier alpha value is -1.86. The number of rotatable bonds is 5. The zero-order valence-corrected chi connectivity index (χ0v) is 9.10. The molecule has 0 amide bonds. The molecule has 1 aromatic heterocycles. The number of nitrogens with zero attached hydrogens (tertiary/aromatic N) is 1. The summed E-state index contributed by atoms with van der Waals surface area (Å²) in [5.74, 6) is 1.54. The molecule has 4 heteroatoms. The summed E-state index contributed by atoms with van der Waals surface area (Å²) in [7, 11) is 0. The first-order chi connectivity index (χ1) is 7.63. The molecule has 84 valence electrons. The monoisotopic (exact) mass is 218 g/mol. The zero-order chi connectivity index (χ0) is 12.0. The van der Waals surface area contributed by atoms with E-state index in [4.69, 9.17) is 11.5 Å². The molecule has 0 aliphatic heterocycles. The molecule has 16 heavy (non-hydrogen) atoms. The number of nitrogens with one attached hydrogen (secondary N) is 1. The van der Waals surface area contributed by atoms with Crippen molar-refractivity contribution in [3.63, 3.8) is 0 Å². The van der Waals surface area contributed by atoms with E-state index in [1.165, 1.54) is 6.07 Å². The highest BCUT2D eigenvalue weighted by Gasteiger charge is 2.05. The Labute approximate surface area is 94.7 Å². The highest BCUT2D eigenvalue weighted by molar-refractivity contribution is 5.85. The topological polar surface area (TPSA) is 62.2 Å². The fraction of sp³-hybridized carbons (Fsp3) is 0.333. The van der Waals surface area contributed by atoms with Crippen molar-refractivity contribution < 1.29 is 9.90 Å². The molecular formula is C12H14N2O2. The van der Waals surface area contributed by atoms with Gasteiger partial charge in [-0.2, -0.15) is 0 Å². The van der Waals surface area contributed by atoms with Crippen LogP contribution in [-0.2, 0) is 6.54 Å². The second-order valence-corrected chi connectivity index (χ2v) is 3.51. The molecule has 2 N–H and O–H groups in total. The van der Waals surface area contributed by atoms with Crippen LogP contribution in [0.1, 0.15) is 29.5 Å². The van der Waals surface area contributed by atoms with E-state index < -0.39 is 5.97 Å². The molecule has 0 saturated heterocycles. The molecule has 1 unspecified atom stereocenters. The van der Waals surface area contributed by atoms with E-state index in [2.05, 4.69) is 16.2 Å². The van der Waals surface area contributed by atoms with Crippen LogP contribution >= 0.6 is 0 Å². The predicted octanol–water partition coefficient (Wildman–Crippen LogP) is 1.28. The Morgan fingerprint density at radius 2 is 2.44 bits per heavy atom.